The van der Waals surface area contributed by atoms with E-state index in [0.717, 1.165) is 24.9 Å². The second-order valence-electron chi connectivity index (χ2n) is 7.76. The van der Waals surface area contributed by atoms with Gasteiger partial charge in [-0.15, -0.1) is 0 Å². The highest BCUT2D eigenvalue weighted by atomic mass is 32.2. The number of sulfonamides is 1. The molecule has 0 aliphatic carbocycles. The molecule has 0 radical (unpaired) electrons. The number of carbonyl (C=O) groups is 1. The third-order valence-corrected chi connectivity index (χ3v) is 7.99. The van der Waals surface area contributed by atoms with Crippen LogP contribution in [0.15, 0.2) is 53.7 Å². The van der Waals surface area contributed by atoms with Crippen molar-refractivity contribution in [3.63, 3.8) is 0 Å². The van der Waals surface area contributed by atoms with Crippen molar-refractivity contribution in [1.82, 2.24) is 14.2 Å². The molecule has 1 atom stereocenters. The van der Waals surface area contributed by atoms with Crippen LogP contribution >= 0.6 is 0 Å². The summed E-state index contributed by atoms with van der Waals surface area (Å²) in [6.45, 7) is 1.29. The predicted molar refractivity (Wildman–Crippen MR) is 111 cm³/mol. The Bertz CT molecular complexity index is 1060. The average molecular weight is 425 g/mol. The van der Waals surface area contributed by atoms with Gasteiger partial charge in [0.15, 0.2) is 0 Å². The molecule has 0 bridgehead atoms. The van der Waals surface area contributed by atoms with Gasteiger partial charge in [-0.3, -0.25) is 9.78 Å². The maximum absolute atomic E-state index is 13.2. The maximum Gasteiger partial charge on any atom is 0.244 e. The Balaban J connectivity index is 1.44. The lowest BCUT2D eigenvalue weighted by atomic mass is 9.95. The van der Waals surface area contributed by atoms with E-state index in [1.807, 2.05) is 29.3 Å². The van der Waals surface area contributed by atoms with Gasteiger partial charge in [-0.2, -0.15) is 9.57 Å². The monoisotopic (exact) mass is 424 g/mol. The number of likely N-dealkylation sites (tertiary alicyclic amines) is 1. The summed E-state index contributed by atoms with van der Waals surface area (Å²) < 4.78 is 27.4. The summed E-state index contributed by atoms with van der Waals surface area (Å²) in [7, 11) is -3.75. The van der Waals surface area contributed by atoms with E-state index in [-0.39, 0.29) is 41.4 Å². The topological polar surface area (TPSA) is 94.4 Å². The van der Waals surface area contributed by atoms with E-state index in [9.17, 15) is 18.5 Å². The molecule has 4 rings (SSSR count). The van der Waals surface area contributed by atoms with Crippen LogP contribution < -0.4 is 0 Å². The smallest absolute Gasteiger partial charge is 0.244 e. The molecule has 2 aliphatic rings. The molecule has 30 heavy (non-hydrogen) atoms. The Morgan fingerprint density at radius 2 is 1.83 bits per heavy atom. The minimum absolute atomic E-state index is 0.0356. The lowest BCUT2D eigenvalue weighted by Gasteiger charge is -2.34. The summed E-state index contributed by atoms with van der Waals surface area (Å²) in [5.74, 6) is -0.0734. The zero-order chi connectivity index (χ0) is 21.1. The van der Waals surface area contributed by atoms with Crippen molar-refractivity contribution in [2.24, 2.45) is 5.92 Å². The molecule has 1 amide bonds. The van der Waals surface area contributed by atoms with Crippen molar-refractivity contribution in [3.8, 4) is 6.07 Å². The predicted octanol–water partition coefficient (Wildman–Crippen LogP) is 2.72. The van der Waals surface area contributed by atoms with Crippen LogP contribution in [0.2, 0.25) is 0 Å². The highest BCUT2D eigenvalue weighted by Gasteiger charge is 2.38. The van der Waals surface area contributed by atoms with Gasteiger partial charge in [0.1, 0.15) is 6.07 Å². The summed E-state index contributed by atoms with van der Waals surface area (Å²) >= 11 is 0. The Hall–Kier alpha value is -2.76. The molecule has 2 aliphatic heterocycles. The Morgan fingerprint density at radius 1 is 1.07 bits per heavy atom. The standard InChI is InChI=1S/C22H24N4O3S/c23-15-18-5-1-2-8-21(18)30(28,29)25-13-9-17(10-14-25)22(27)26-12-4-7-20(26)19-6-3-11-24-16-19/h1-3,5-6,8,11,16-17,20H,4,7,9-10,12-14H2/t20-/m1/s1. The third kappa shape index (κ3) is 3.83. The van der Waals surface area contributed by atoms with E-state index in [0.29, 0.717) is 12.8 Å². The van der Waals surface area contributed by atoms with Crippen LogP contribution in [0, 0.1) is 17.2 Å². The molecular weight excluding hydrogens is 400 g/mol. The number of benzene rings is 1. The molecule has 8 heteroatoms. The van der Waals surface area contributed by atoms with Gasteiger partial charge in [-0.1, -0.05) is 18.2 Å². The highest BCUT2D eigenvalue weighted by molar-refractivity contribution is 7.89. The SMILES string of the molecule is N#Cc1ccccc1S(=O)(=O)N1CCC(C(=O)N2CCC[C@@H]2c2cccnc2)CC1. The number of amides is 1. The van der Waals surface area contributed by atoms with Gasteiger partial charge in [-0.25, -0.2) is 8.42 Å². The van der Waals surface area contributed by atoms with E-state index >= 15 is 0 Å². The summed E-state index contributed by atoms with van der Waals surface area (Å²) in [6, 6.07) is 12.1. The Labute approximate surface area is 177 Å². The number of hydrogen-bond acceptors (Lipinski definition) is 5. The zero-order valence-corrected chi connectivity index (χ0v) is 17.5. The number of carbonyl (C=O) groups excluding carboxylic acids is 1. The van der Waals surface area contributed by atoms with E-state index < -0.39 is 10.0 Å². The quantitative estimate of drug-likeness (QED) is 0.752. The number of piperidine rings is 1. The van der Waals surface area contributed by atoms with Crippen molar-refractivity contribution >= 4 is 15.9 Å². The molecule has 0 saturated carbocycles. The lowest BCUT2D eigenvalue weighted by Crippen LogP contribution is -2.44. The Morgan fingerprint density at radius 3 is 2.53 bits per heavy atom. The van der Waals surface area contributed by atoms with Crippen molar-refractivity contribution in [1.29, 1.82) is 5.26 Å². The number of nitriles is 1. The molecule has 2 saturated heterocycles. The van der Waals surface area contributed by atoms with E-state index in [2.05, 4.69) is 4.98 Å². The normalized spacial score (nSPS) is 20.8. The second-order valence-corrected chi connectivity index (χ2v) is 9.67. The minimum Gasteiger partial charge on any atom is -0.335 e. The van der Waals surface area contributed by atoms with E-state index in [1.54, 1.807) is 18.3 Å². The number of aromatic nitrogens is 1. The van der Waals surface area contributed by atoms with Crippen LogP contribution in [-0.2, 0) is 14.8 Å². The van der Waals surface area contributed by atoms with Crippen LogP contribution in [0.4, 0.5) is 0 Å². The zero-order valence-electron chi connectivity index (χ0n) is 16.6. The number of hydrogen-bond donors (Lipinski definition) is 0. The summed E-state index contributed by atoms with van der Waals surface area (Å²) in [5, 5.41) is 9.25. The van der Waals surface area contributed by atoms with Gasteiger partial charge in [0.25, 0.3) is 0 Å². The average Bonchev–Trinajstić information content (AvgIpc) is 3.29. The first-order chi connectivity index (χ1) is 14.5. The van der Waals surface area contributed by atoms with Gasteiger partial charge in [0.2, 0.25) is 15.9 Å². The van der Waals surface area contributed by atoms with Crippen LogP contribution in [0.1, 0.15) is 42.9 Å². The molecule has 1 aromatic heterocycles. The molecule has 156 valence electrons. The number of rotatable bonds is 4. The number of nitrogens with zero attached hydrogens (tertiary/aromatic N) is 4. The van der Waals surface area contributed by atoms with Crippen LogP contribution in [0.25, 0.3) is 0 Å². The summed E-state index contributed by atoms with van der Waals surface area (Å²) in [4.78, 5) is 19.4. The highest BCUT2D eigenvalue weighted by Crippen LogP contribution is 2.35. The molecule has 1 aromatic carbocycles. The molecule has 2 fully saturated rings. The van der Waals surface area contributed by atoms with Crippen molar-refractivity contribution in [3.05, 3.63) is 59.9 Å². The van der Waals surface area contributed by atoms with Gasteiger partial charge in [0, 0.05) is 37.9 Å². The fourth-order valence-corrected chi connectivity index (χ4v) is 6.06. The Kier molecular flexibility index (Phi) is 5.84. The molecule has 2 aromatic rings. The van der Waals surface area contributed by atoms with Crippen molar-refractivity contribution < 1.29 is 13.2 Å². The largest absolute Gasteiger partial charge is 0.335 e. The molecule has 7 nitrogen and oxygen atoms in total. The van der Waals surface area contributed by atoms with Crippen LogP contribution in [0.3, 0.4) is 0 Å². The summed E-state index contributed by atoms with van der Waals surface area (Å²) in [6.07, 6.45) is 6.41. The lowest BCUT2D eigenvalue weighted by molar-refractivity contribution is -0.137. The summed E-state index contributed by atoms with van der Waals surface area (Å²) in [5.41, 5.74) is 1.20. The third-order valence-electron chi connectivity index (χ3n) is 6.03. The first kappa shape index (κ1) is 20.5. The second kappa shape index (κ2) is 8.54. The molecule has 3 heterocycles. The van der Waals surface area contributed by atoms with Crippen LogP contribution in [-0.4, -0.2) is 48.1 Å². The fraction of sp³-hybridized carbons (Fsp3) is 0.409. The van der Waals surface area contributed by atoms with Crippen LogP contribution in [0.5, 0.6) is 0 Å². The van der Waals surface area contributed by atoms with Gasteiger partial charge < -0.3 is 4.90 Å². The molecular formula is C22H24N4O3S. The first-order valence-electron chi connectivity index (χ1n) is 10.2. The van der Waals surface area contributed by atoms with E-state index in [1.165, 1.54) is 16.4 Å². The molecule has 0 N–H and O–H groups in total. The van der Waals surface area contributed by atoms with Gasteiger partial charge in [0.05, 0.1) is 16.5 Å². The number of pyridine rings is 1. The first-order valence-corrected chi connectivity index (χ1v) is 11.7. The molecule has 0 spiro atoms. The van der Waals surface area contributed by atoms with Gasteiger partial charge >= 0.3 is 0 Å². The van der Waals surface area contributed by atoms with Gasteiger partial charge in [-0.05, 0) is 49.4 Å². The molecule has 0 unspecified atom stereocenters. The minimum atomic E-state index is -3.75. The van der Waals surface area contributed by atoms with E-state index in [4.69, 9.17) is 0 Å². The van der Waals surface area contributed by atoms with Crippen molar-refractivity contribution in [2.45, 2.75) is 36.6 Å². The van der Waals surface area contributed by atoms with Crippen molar-refractivity contribution in [2.75, 3.05) is 19.6 Å². The fourth-order valence-electron chi connectivity index (χ4n) is 4.45. The maximum atomic E-state index is 13.2.